The van der Waals surface area contributed by atoms with Gasteiger partial charge in [-0.05, 0) is 48.9 Å². The van der Waals surface area contributed by atoms with Crippen LogP contribution >= 0.6 is 0 Å². The number of benzene rings is 1. The molecule has 0 heterocycles. The fourth-order valence-corrected chi connectivity index (χ4v) is 2.88. The number of hydrogen-bond acceptors (Lipinski definition) is 3. The van der Waals surface area contributed by atoms with Crippen LogP contribution in [0.5, 0.6) is 5.75 Å². The standard InChI is InChI=1S/C17H28N2O/c1-4-11-17(2,12-18-14-5-6-14)13-19(3)15-7-9-16(20)10-8-15/h7-10,14,18,20H,4-6,11-13H2,1-3H3. The molecule has 112 valence electrons. The predicted octanol–water partition coefficient (Wildman–Crippen LogP) is 3.39. The summed E-state index contributed by atoms with van der Waals surface area (Å²) in [7, 11) is 2.14. The molecule has 0 aromatic heterocycles. The molecule has 3 heteroatoms. The molecule has 1 saturated carbocycles. The summed E-state index contributed by atoms with van der Waals surface area (Å²) in [4.78, 5) is 2.30. The van der Waals surface area contributed by atoms with Crippen molar-refractivity contribution >= 4 is 5.69 Å². The minimum Gasteiger partial charge on any atom is -0.508 e. The second kappa shape index (κ2) is 6.49. The lowest BCUT2D eigenvalue weighted by molar-refractivity contribution is 0.283. The number of anilines is 1. The Morgan fingerprint density at radius 3 is 2.50 bits per heavy atom. The van der Waals surface area contributed by atoms with E-state index in [4.69, 9.17) is 0 Å². The van der Waals surface area contributed by atoms with Crippen LogP contribution in [0.1, 0.15) is 39.5 Å². The predicted molar refractivity (Wildman–Crippen MR) is 85.4 cm³/mol. The number of nitrogens with one attached hydrogen (secondary N) is 1. The highest BCUT2D eigenvalue weighted by Gasteiger charge is 2.29. The average Bonchev–Trinajstić information content (AvgIpc) is 3.21. The second-order valence-electron chi connectivity index (χ2n) is 6.59. The number of phenolic OH excluding ortho intramolecular Hbond substituents is 1. The largest absolute Gasteiger partial charge is 0.508 e. The molecule has 1 aliphatic rings. The van der Waals surface area contributed by atoms with Gasteiger partial charge in [0.2, 0.25) is 0 Å². The third-order valence-corrected chi connectivity index (χ3v) is 4.16. The minimum absolute atomic E-state index is 0.296. The normalized spacial score (nSPS) is 17.8. The Labute approximate surface area is 123 Å². The molecule has 1 atom stereocenters. The van der Waals surface area contributed by atoms with Crippen LogP contribution in [0.25, 0.3) is 0 Å². The van der Waals surface area contributed by atoms with Crippen LogP contribution in [-0.2, 0) is 0 Å². The van der Waals surface area contributed by atoms with Gasteiger partial charge in [-0.15, -0.1) is 0 Å². The van der Waals surface area contributed by atoms with Gasteiger partial charge < -0.3 is 15.3 Å². The fourth-order valence-electron chi connectivity index (χ4n) is 2.88. The molecule has 3 nitrogen and oxygen atoms in total. The lowest BCUT2D eigenvalue weighted by Gasteiger charge is -2.35. The second-order valence-corrected chi connectivity index (χ2v) is 6.59. The maximum absolute atomic E-state index is 9.38. The van der Waals surface area contributed by atoms with Crippen molar-refractivity contribution < 1.29 is 5.11 Å². The number of aromatic hydroxyl groups is 1. The number of phenols is 1. The summed E-state index contributed by atoms with van der Waals surface area (Å²) < 4.78 is 0. The van der Waals surface area contributed by atoms with Crippen molar-refractivity contribution in [2.24, 2.45) is 5.41 Å². The molecule has 1 aromatic rings. The van der Waals surface area contributed by atoms with Gasteiger partial charge in [-0.2, -0.15) is 0 Å². The Morgan fingerprint density at radius 2 is 1.95 bits per heavy atom. The highest BCUT2D eigenvalue weighted by Crippen LogP contribution is 2.28. The molecule has 2 N–H and O–H groups in total. The maximum atomic E-state index is 9.38. The first-order valence-corrected chi connectivity index (χ1v) is 7.76. The van der Waals surface area contributed by atoms with E-state index < -0.39 is 0 Å². The van der Waals surface area contributed by atoms with Gasteiger partial charge in [0.25, 0.3) is 0 Å². The molecule has 0 aliphatic heterocycles. The number of rotatable bonds is 8. The fraction of sp³-hybridized carbons (Fsp3) is 0.647. The molecule has 1 unspecified atom stereocenters. The van der Waals surface area contributed by atoms with Crippen LogP contribution in [0.15, 0.2) is 24.3 Å². The molecule has 1 aromatic carbocycles. The Hall–Kier alpha value is -1.22. The quantitative estimate of drug-likeness (QED) is 0.764. The van der Waals surface area contributed by atoms with Crippen LogP contribution in [0.4, 0.5) is 5.69 Å². The van der Waals surface area contributed by atoms with Crippen LogP contribution in [0.3, 0.4) is 0 Å². The average molecular weight is 276 g/mol. The molecule has 1 aliphatic carbocycles. The minimum atomic E-state index is 0.296. The molecule has 20 heavy (non-hydrogen) atoms. The van der Waals surface area contributed by atoms with Gasteiger partial charge in [0.15, 0.2) is 0 Å². The van der Waals surface area contributed by atoms with E-state index in [0.29, 0.717) is 11.2 Å². The zero-order valence-corrected chi connectivity index (χ0v) is 13.0. The van der Waals surface area contributed by atoms with Crippen molar-refractivity contribution in [2.75, 3.05) is 25.0 Å². The summed E-state index contributed by atoms with van der Waals surface area (Å²) in [6.07, 6.45) is 5.13. The maximum Gasteiger partial charge on any atom is 0.115 e. The SMILES string of the molecule is CCCC(C)(CNC1CC1)CN(C)c1ccc(O)cc1. The Balaban J connectivity index is 1.95. The van der Waals surface area contributed by atoms with Crippen LogP contribution < -0.4 is 10.2 Å². The van der Waals surface area contributed by atoms with Crippen molar-refractivity contribution in [1.29, 1.82) is 0 Å². The van der Waals surface area contributed by atoms with Crippen LogP contribution in [0, 0.1) is 5.41 Å². The Morgan fingerprint density at radius 1 is 1.30 bits per heavy atom. The van der Waals surface area contributed by atoms with Gasteiger partial charge in [-0.1, -0.05) is 20.3 Å². The Kier molecular flexibility index (Phi) is 4.92. The molecular formula is C17H28N2O. The highest BCUT2D eigenvalue weighted by atomic mass is 16.3. The topological polar surface area (TPSA) is 35.5 Å². The molecule has 0 radical (unpaired) electrons. The zero-order valence-electron chi connectivity index (χ0n) is 13.0. The van der Waals surface area contributed by atoms with Gasteiger partial charge in [0.1, 0.15) is 5.75 Å². The molecule has 1 fully saturated rings. The van der Waals surface area contributed by atoms with E-state index in [9.17, 15) is 5.11 Å². The van der Waals surface area contributed by atoms with Gasteiger partial charge in [0.05, 0.1) is 0 Å². The summed E-state index contributed by atoms with van der Waals surface area (Å²) in [6.45, 7) is 6.76. The van der Waals surface area contributed by atoms with Gasteiger partial charge >= 0.3 is 0 Å². The summed E-state index contributed by atoms with van der Waals surface area (Å²) in [5.41, 5.74) is 1.46. The first-order valence-electron chi connectivity index (χ1n) is 7.76. The van der Waals surface area contributed by atoms with Gasteiger partial charge in [-0.3, -0.25) is 0 Å². The third-order valence-electron chi connectivity index (χ3n) is 4.16. The van der Waals surface area contributed by atoms with E-state index in [-0.39, 0.29) is 0 Å². The molecule has 0 bridgehead atoms. The lowest BCUT2D eigenvalue weighted by Crippen LogP contribution is -2.41. The van der Waals surface area contributed by atoms with Crippen molar-refractivity contribution in [1.82, 2.24) is 5.32 Å². The van der Waals surface area contributed by atoms with Crippen molar-refractivity contribution in [3.8, 4) is 5.75 Å². The van der Waals surface area contributed by atoms with Crippen LogP contribution in [-0.4, -0.2) is 31.3 Å². The van der Waals surface area contributed by atoms with Crippen LogP contribution in [0.2, 0.25) is 0 Å². The zero-order chi connectivity index (χ0) is 14.6. The first-order chi connectivity index (χ1) is 9.52. The van der Waals surface area contributed by atoms with Gasteiger partial charge in [0, 0.05) is 31.9 Å². The monoisotopic (exact) mass is 276 g/mol. The molecule has 0 saturated heterocycles. The number of hydrogen-bond donors (Lipinski definition) is 2. The molecule has 0 amide bonds. The van der Waals surface area contributed by atoms with E-state index in [0.717, 1.165) is 24.8 Å². The number of nitrogens with zero attached hydrogens (tertiary/aromatic N) is 1. The molecule has 0 spiro atoms. The highest BCUT2D eigenvalue weighted by molar-refractivity contribution is 5.48. The van der Waals surface area contributed by atoms with E-state index in [1.54, 1.807) is 12.1 Å². The molecule has 2 rings (SSSR count). The summed E-state index contributed by atoms with van der Waals surface area (Å²) in [6, 6.07) is 8.24. The molecular weight excluding hydrogens is 248 g/mol. The summed E-state index contributed by atoms with van der Waals surface area (Å²) >= 11 is 0. The summed E-state index contributed by atoms with van der Waals surface area (Å²) in [5.74, 6) is 0.328. The third kappa shape index (κ3) is 4.41. The smallest absolute Gasteiger partial charge is 0.115 e. The summed E-state index contributed by atoms with van der Waals surface area (Å²) in [5, 5.41) is 13.1. The van der Waals surface area contributed by atoms with Gasteiger partial charge in [-0.25, -0.2) is 0 Å². The van der Waals surface area contributed by atoms with Crippen molar-refractivity contribution in [3.05, 3.63) is 24.3 Å². The van der Waals surface area contributed by atoms with Crippen molar-refractivity contribution in [2.45, 2.75) is 45.6 Å². The van der Waals surface area contributed by atoms with E-state index in [1.165, 1.54) is 25.7 Å². The lowest BCUT2D eigenvalue weighted by atomic mass is 9.84. The Bertz CT molecular complexity index is 414. The van der Waals surface area contributed by atoms with E-state index in [2.05, 4.69) is 31.1 Å². The van der Waals surface area contributed by atoms with Crippen molar-refractivity contribution in [3.63, 3.8) is 0 Å². The van der Waals surface area contributed by atoms with E-state index >= 15 is 0 Å². The first kappa shape index (κ1) is 15.2. The van der Waals surface area contributed by atoms with E-state index in [1.807, 2.05) is 12.1 Å².